The minimum atomic E-state index is 0.393. The fourth-order valence-electron chi connectivity index (χ4n) is 2.02. The lowest BCUT2D eigenvalue weighted by atomic mass is 10.2. The van der Waals surface area contributed by atoms with Gasteiger partial charge < -0.3 is 10.3 Å². The summed E-state index contributed by atoms with van der Waals surface area (Å²) in [6, 6.07) is 7.60. The van der Waals surface area contributed by atoms with Crippen LogP contribution in [0.1, 0.15) is 5.82 Å². The highest BCUT2D eigenvalue weighted by molar-refractivity contribution is 6.31. The standard InChI is InChI=1S/C13H11ClN4/c14-9-1-2-10-11(7-9)16-4-3-12(10)18-6-5-17-13(18)8-15/h1-7H,8,15H2. The van der Waals surface area contributed by atoms with Crippen LogP contribution in [0.3, 0.4) is 0 Å². The molecule has 2 heterocycles. The number of rotatable bonds is 2. The van der Waals surface area contributed by atoms with E-state index in [1.54, 1.807) is 12.4 Å². The number of pyridine rings is 1. The molecule has 90 valence electrons. The average Bonchev–Trinajstić information content (AvgIpc) is 2.85. The number of imidazole rings is 1. The number of hydrogen-bond donors (Lipinski definition) is 1. The first-order chi connectivity index (χ1) is 8.79. The molecule has 0 radical (unpaired) electrons. The van der Waals surface area contributed by atoms with Crippen LogP contribution in [-0.4, -0.2) is 14.5 Å². The second-order valence-corrected chi connectivity index (χ2v) is 4.35. The zero-order valence-corrected chi connectivity index (χ0v) is 10.3. The highest BCUT2D eigenvalue weighted by atomic mass is 35.5. The third-order valence-corrected chi connectivity index (χ3v) is 3.08. The van der Waals surface area contributed by atoms with Crippen molar-refractivity contribution in [1.82, 2.24) is 14.5 Å². The number of nitrogens with zero attached hydrogens (tertiary/aromatic N) is 3. The zero-order chi connectivity index (χ0) is 12.5. The summed E-state index contributed by atoms with van der Waals surface area (Å²) in [7, 11) is 0. The lowest BCUT2D eigenvalue weighted by Crippen LogP contribution is -2.06. The van der Waals surface area contributed by atoms with E-state index in [2.05, 4.69) is 9.97 Å². The van der Waals surface area contributed by atoms with E-state index in [1.165, 1.54) is 0 Å². The van der Waals surface area contributed by atoms with Crippen LogP contribution in [0.25, 0.3) is 16.6 Å². The van der Waals surface area contributed by atoms with Gasteiger partial charge >= 0.3 is 0 Å². The molecule has 0 fully saturated rings. The fourth-order valence-corrected chi connectivity index (χ4v) is 2.19. The van der Waals surface area contributed by atoms with E-state index in [4.69, 9.17) is 17.3 Å². The van der Waals surface area contributed by atoms with Crippen molar-refractivity contribution in [2.24, 2.45) is 5.73 Å². The predicted octanol–water partition coefficient (Wildman–Crippen LogP) is 2.53. The highest BCUT2D eigenvalue weighted by Crippen LogP contribution is 2.24. The van der Waals surface area contributed by atoms with Gasteiger partial charge in [-0.2, -0.15) is 0 Å². The summed E-state index contributed by atoms with van der Waals surface area (Å²) in [6.07, 6.45) is 5.39. The highest BCUT2D eigenvalue weighted by Gasteiger charge is 2.07. The number of benzene rings is 1. The number of fused-ring (bicyclic) bond motifs is 1. The predicted molar refractivity (Wildman–Crippen MR) is 71.8 cm³/mol. The molecule has 18 heavy (non-hydrogen) atoms. The van der Waals surface area contributed by atoms with Crippen LogP contribution >= 0.6 is 11.6 Å². The molecule has 0 atom stereocenters. The Hall–Kier alpha value is -1.91. The Morgan fingerprint density at radius 1 is 1.17 bits per heavy atom. The van der Waals surface area contributed by atoms with Gasteiger partial charge in [-0.1, -0.05) is 11.6 Å². The quantitative estimate of drug-likeness (QED) is 0.768. The van der Waals surface area contributed by atoms with E-state index in [0.29, 0.717) is 11.6 Å². The van der Waals surface area contributed by atoms with Gasteiger partial charge in [0.25, 0.3) is 0 Å². The van der Waals surface area contributed by atoms with Gasteiger partial charge in [0.1, 0.15) is 5.82 Å². The van der Waals surface area contributed by atoms with Gasteiger partial charge in [-0.05, 0) is 24.3 Å². The Kier molecular flexibility index (Phi) is 2.74. The van der Waals surface area contributed by atoms with Gasteiger partial charge in [-0.15, -0.1) is 0 Å². The van der Waals surface area contributed by atoms with Crippen molar-refractivity contribution in [2.45, 2.75) is 6.54 Å². The van der Waals surface area contributed by atoms with Crippen LogP contribution in [-0.2, 0) is 6.54 Å². The third kappa shape index (κ3) is 1.75. The molecule has 0 saturated heterocycles. The van der Waals surface area contributed by atoms with Gasteiger partial charge in [0.15, 0.2) is 0 Å². The van der Waals surface area contributed by atoms with Crippen molar-refractivity contribution >= 4 is 22.5 Å². The van der Waals surface area contributed by atoms with E-state index in [9.17, 15) is 0 Å². The topological polar surface area (TPSA) is 56.7 Å². The number of halogens is 1. The fraction of sp³-hybridized carbons (Fsp3) is 0.0769. The van der Waals surface area contributed by atoms with Crippen LogP contribution in [0.4, 0.5) is 0 Å². The molecule has 0 amide bonds. The Balaban J connectivity index is 2.29. The summed E-state index contributed by atoms with van der Waals surface area (Å²) in [5.74, 6) is 0.817. The van der Waals surface area contributed by atoms with E-state index < -0.39 is 0 Å². The maximum absolute atomic E-state index is 5.98. The molecule has 0 bridgehead atoms. The lowest BCUT2D eigenvalue weighted by Gasteiger charge is -2.09. The normalized spacial score (nSPS) is 11.0. The molecule has 3 rings (SSSR count). The van der Waals surface area contributed by atoms with E-state index in [-0.39, 0.29) is 0 Å². The number of aromatic nitrogens is 3. The maximum atomic E-state index is 5.98. The van der Waals surface area contributed by atoms with Crippen molar-refractivity contribution in [3.63, 3.8) is 0 Å². The van der Waals surface area contributed by atoms with Gasteiger partial charge in [-0.25, -0.2) is 4.98 Å². The van der Waals surface area contributed by atoms with Crippen molar-refractivity contribution in [3.05, 3.63) is 53.7 Å². The van der Waals surface area contributed by atoms with Crippen LogP contribution in [0, 0.1) is 0 Å². The first-order valence-electron chi connectivity index (χ1n) is 5.56. The first kappa shape index (κ1) is 11.2. The molecule has 0 saturated carbocycles. The lowest BCUT2D eigenvalue weighted by molar-refractivity contribution is 0.871. The Labute approximate surface area is 109 Å². The summed E-state index contributed by atoms with van der Waals surface area (Å²) in [5.41, 5.74) is 7.55. The minimum absolute atomic E-state index is 0.393. The second kappa shape index (κ2) is 4.40. The molecule has 3 aromatic rings. The molecular weight excluding hydrogens is 248 g/mol. The van der Waals surface area contributed by atoms with Crippen LogP contribution in [0.15, 0.2) is 42.9 Å². The van der Waals surface area contributed by atoms with Gasteiger partial charge in [0, 0.05) is 29.0 Å². The molecule has 4 nitrogen and oxygen atoms in total. The van der Waals surface area contributed by atoms with E-state index in [0.717, 1.165) is 22.4 Å². The Bertz CT molecular complexity index is 705. The minimum Gasteiger partial charge on any atom is -0.324 e. The number of hydrogen-bond acceptors (Lipinski definition) is 3. The molecular formula is C13H11ClN4. The van der Waals surface area contributed by atoms with Crippen molar-refractivity contribution < 1.29 is 0 Å². The summed E-state index contributed by atoms with van der Waals surface area (Å²) >= 11 is 5.98. The molecule has 5 heteroatoms. The van der Waals surface area contributed by atoms with E-state index >= 15 is 0 Å². The van der Waals surface area contributed by atoms with Crippen LogP contribution in [0.2, 0.25) is 5.02 Å². The molecule has 2 N–H and O–H groups in total. The summed E-state index contributed by atoms with van der Waals surface area (Å²) in [6.45, 7) is 0.393. The summed E-state index contributed by atoms with van der Waals surface area (Å²) < 4.78 is 1.97. The third-order valence-electron chi connectivity index (χ3n) is 2.84. The molecule has 0 aliphatic heterocycles. The Morgan fingerprint density at radius 2 is 2.06 bits per heavy atom. The molecule has 0 spiro atoms. The average molecular weight is 259 g/mol. The van der Waals surface area contributed by atoms with E-state index in [1.807, 2.05) is 35.0 Å². The van der Waals surface area contributed by atoms with Crippen molar-refractivity contribution in [1.29, 1.82) is 0 Å². The number of nitrogens with two attached hydrogens (primary N) is 1. The van der Waals surface area contributed by atoms with Crippen molar-refractivity contribution in [2.75, 3.05) is 0 Å². The monoisotopic (exact) mass is 258 g/mol. The SMILES string of the molecule is NCc1nccn1-c1ccnc2cc(Cl)ccc12. The molecule has 1 aromatic carbocycles. The Morgan fingerprint density at radius 3 is 2.89 bits per heavy atom. The molecule has 0 aliphatic rings. The molecule has 0 unspecified atom stereocenters. The largest absolute Gasteiger partial charge is 0.324 e. The van der Waals surface area contributed by atoms with Gasteiger partial charge in [0.05, 0.1) is 17.7 Å². The van der Waals surface area contributed by atoms with Crippen LogP contribution < -0.4 is 5.73 Å². The molecule has 0 aliphatic carbocycles. The van der Waals surface area contributed by atoms with Gasteiger partial charge in [0.2, 0.25) is 0 Å². The zero-order valence-electron chi connectivity index (χ0n) is 9.55. The van der Waals surface area contributed by atoms with Crippen LogP contribution in [0.5, 0.6) is 0 Å². The summed E-state index contributed by atoms with van der Waals surface area (Å²) in [5, 5.41) is 1.70. The van der Waals surface area contributed by atoms with Crippen molar-refractivity contribution in [3.8, 4) is 5.69 Å². The molecule has 2 aromatic heterocycles. The smallest absolute Gasteiger partial charge is 0.127 e. The second-order valence-electron chi connectivity index (χ2n) is 3.91. The summed E-state index contributed by atoms with van der Waals surface area (Å²) in [4.78, 5) is 8.55. The first-order valence-corrected chi connectivity index (χ1v) is 5.94. The maximum Gasteiger partial charge on any atom is 0.127 e. The van der Waals surface area contributed by atoms with Gasteiger partial charge in [-0.3, -0.25) is 4.98 Å².